The van der Waals surface area contributed by atoms with Crippen LogP contribution in [0.4, 0.5) is 5.69 Å². The highest BCUT2D eigenvalue weighted by Crippen LogP contribution is 2.29. The number of carbonyl (C=O) groups is 1. The Hall–Kier alpha value is -3.22. The van der Waals surface area contributed by atoms with Gasteiger partial charge >= 0.3 is 5.97 Å². The van der Waals surface area contributed by atoms with Crippen LogP contribution in [-0.4, -0.2) is 30.1 Å². The number of carboxylic acid groups (broad SMARTS) is 1. The number of benzene rings is 2. The van der Waals surface area contributed by atoms with Gasteiger partial charge in [0.1, 0.15) is 17.3 Å². The summed E-state index contributed by atoms with van der Waals surface area (Å²) in [6, 6.07) is 10.9. The molecule has 2 rings (SSSR count). The van der Waals surface area contributed by atoms with Gasteiger partial charge in [-0.05, 0) is 55.3 Å². The smallest absolute Gasteiger partial charge is 0.330 e. The van der Waals surface area contributed by atoms with E-state index in [1.54, 1.807) is 42.5 Å². The van der Waals surface area contributed by atoms with Crippen LogP contribution in [0.3, 0.4) is 0 Å². The van der Waals surface area contributed by atoms with Crippen LogP contribution in [-0.2, 0) is 4.79 Å². The van der Waals surface area contributed by atoms with E-state index in [0.29, 0.717) is 41.5 Å². The van der Waals surface area contributed by atoms with Gasteiger partial charge < -0.3 is 25.6 Å². The third kappa shape index (κ3) is 5.90. The zero-order chi connectivity index (χ0) is 20.5. The number of nitrogen functional groups attached to an aromatic ring is 1. The minimum Gasteiger partial charge on any atom is -0.494 e. The molecule has 0 fully saturated rings. The van der Waals surface area contributed by atoms with Gasteiger partial charge in [0.25, 0.3) is 0 Å². The molecule has 0 amide bonds. The number of hydrogen-bond acceptors (Lipinski definition) is 5. The molecule has 1 atom stereocenters. The topological polar surface area (TPSA) is 118 Å². The summed E-state index contributed by atoms with van der Waals surface area (Å²) in [4.78, 5) is 11.9. The van der Waals surface area contributed by atoms with E-state index in [1.165, 1.54) is 0 Å². The molecule has 0 heterocycles. The van der Waals surface area contributed by atoms with Crippen molar-refractivity contribution in [3.8, 4) is 11.5 Å². The number of hydrogen-bond donors (Lipinski definition) is 4. The Balaban J connectivity index is 2.29. The third-order valence-corrected chi connectivity index (χ3v) is 4.07. The maximum Gasteiger partial charge on any atom is 0.330 e. The maximum atomic E-state index is 11.9. The normalized spacial score (nSPS) is 11.5. The Bertz CT molecular complexity index is 806. The van der Waals surface area contributed by atoms with E-state index in [2.05, 4.69) is 12.2 Å². The van der Waals surface area contributed by atoms with Crippen LogP contribution in [0.25, 0.3) is 0 Å². The van der Waals surface area contributed by atoms with Gasteiger partial charge in [-0.25, -0.2) is 4.79 Å². The predicted octanol–water partition coefficient (Wildman–Crippen LogP) is 3.79. The summed E-state index contributed by atoms with van der Waals surface area (Å²) < 4.78 is 11.3. The average Bonchev–Trinajstić information content (AvgIpc) is 2.66. The van der Waals surface area contributed by atoms with Crippen molar-refractivity contribution in [1.82, 2.24) is 0 Å². The van der Waals surface area contributed by atoms with Gasteiger partial charge in [0.15, 0.2) is 6.04 Å². The molecule has 0 aliphatic heterocycles. The van der Waals surface area contributed by atoms with Crippen LogP contribution in [0.5, 0.6) is 11.5 Å². The lowest BCUT2D eigenvalue weighted by Gasteiger charge is -2.19. The first-order chi connectivity index (χ1) is 13.4. The molecule has 7 heteroatoms. The number of ether oxygens (including phenoxy) is 2. The monoisotopic (exact) mass is 385 g/mol. The lowest BCUT2D eigenvalue weighted by atomic mass is 10.1. The molecular formula is C21H27N3O4. The number of nitrogens with two attached hydrogens (primary N) is 1. The molecule has 0 spiro atoms. The van der Waals surface area contributed by atoms with Crippen molar-refractivity contribution in [2.45, 2.75) is 32.7 Å². The van der Waals surface area contributed by atoms with Crippen molar-refractivity contribution in [1.29, 1.82) is 5.41 Å². The molecular weight excluding hydrogens is 358 g/mol. The number of rotatable bonds is 11. The molecule has 1 unspecified atom stereocenters. The maximum absolute atomic E-state index is 11.9. The molecule has 0 aromatic heterocycles. The van der Waals surface area contributed by atoms with Crippen LogP contribution >= 0.6 is 0 Å². The molecule has 2 aromatic carbocycles. The largest absolute Gasteiger partial charge is 0.494 e. The minimum absolute atomic E-state index is 0.0420. The lowest BCUT2D eigenvalue weighted by molar-refractivity contribution is -0.138. The summed E-state index contributed by atoms with van der Waals surface area (Å²) >= 11 is 0. The molecule has 5 N–H and O–H groups in total. The molecule has 28 heavy (non-hydrogen) atoms. The van der Waals surface area contributed by atoms with E-state index in [0.717, 1.165) is 12.8 Å². The summed E-state index contributed by atoms with van der Waals surface area (Å²) in [7, 11) is 0. The number of amidine groups is 1. The van der Waals surface area contributed by atoms with E-state index in [9.17, 15) is 9.90 Å². The third-order valence-electron chi connectivity index (χ3n) is 4.07. The van der Waals surface area contributed by atoms with Gasteiger partial charge in [-0.2, -0.15) is 0 Å². The van der Waals surface area contributed by atoms with E-state index >= 15 is 0 Å². The summed E-state index contributed by atoms with van der Waals surface area (Å²) in [5.74, 6) is 0.0734. The number of anilines is 1. The molecule has 0 aliphatic carbocycles. The Morgan fingerprint density at radius 2 is 1.79 bits per heavy atom. The molecule has 150 valence electrons. The summed E-state index contributed by atoms with van der Waals surface area (Å²) in [5, 5.41) is 20.2. The second-order valence-corrected chi connectivity index (χ2v) is 6.28. The van der Waals surface area contributed by atoms with Crippen LogP contribution in [0.15, 0.2) is 42.5 Å². The summed E-state index contributed by atoms with van der Waals surface area (Å²) in [5.41, 5.74) is 7.16. The van der Waals surface area contributed by atoms with E-state index < -0.39 is 12.0 Å². The Morgan fingerprint density at radius 1 is 1.14 bits per heavy atom. The van der Waals surface area contributed by atoms with Crippen LogP contribution in [0, 0.1) is 5.41 Å². The minimum atomic E-state index is -1.02. The first kappa shape index (κ1) is 21.1. The SMILES string of the molecule is CCCCOc1cc(OCC)cc(C(Nc2ccc(C(=N)N)cc2)C(=O)O)c1. The van der Waals surface area contributed by atoms with Crippen molar-refractivity contribution < 1.29 is 19.4 Å². The Labute approximate surface area is 165 Å². The first-order valence-corrected chi connectivity index (χ1v) is 9.29. The highest BCUT2D eigenvalue weighted by Gasteiger charge is 2.21. The van der Waals surface area contributed by atoms with Crippen LogP contribution < -0.4 is 20.5 Å². The Kier molecular flexibility index (Phi) is 7.68. The van der Waals surface area contributed by atoms with Gasteiger partial charge in [0.2, 0.25) is 0 Å². The van der Waals surface area contributed by atoms with Gasteiger partial charge in [-0.3, -0.25) is 5.41 Å². The van der Waals surface area contributed by atoms with Crippen molar-refractivity contribution >= 4 is 17.5 Å². The predicted molar refractivity (Wildman–Crippen MR) is 109 cm³/mol. The molecule has 0 aliphatic rings. The Morgan fingerprint density at radius 3 is 2.32 bits per heavy atom. The molecule has 2 aromatic rings. The fourth-order valence-corrected chi connectivity index (χ4v) is 2.63. The fraction of sp³-hybridized carbons (Fsp3) is 0.333. The highest BCUT2D eigenvalue weighted by molar-refractivity contribution is 5.95. The van der Waals surface area contributed by atoms with E-state index in [4.69, 9.17) is 20.6 Å². The quantitative estimate of drug-likeness (QED) is 0.266. The summed E-state index contributed by atoms with van der Waals surface area (Å²) in [6.45, 7) is 4.97. The number of aliphatic carboxylic acids is 1. The molecule has 0 radical (unpaired) electrons. The fourth-order valence-electron chi connectivity index (χ4n) is 2.63. The van der Waals surface area contributed by atoms with Crippen LogP contribution in [0.1, 0.15) is 43.9 Å². The van der Waals surface area contributed by atoms with E-state index in [1.807, 2.05) is 6.92 Å². The molecule has 0 saturated carbocycles. The number of unbranched alkanes of at least 4 members (excludes halogenated alkanes) is 1. The molecule has 7 nitrogen and oxygen atoms in total. The van der Waals surface area contributed by atoms with Crippen molar-refractivity contribution in [2.75, 3.05) is 18.5 Å². The zero-order valence-corrected chi connectivity index (χ0v) is 16.2. The highest BCUT2D eigenvalue weighted by atomic mass is 16.5. The first-order valence-electron chi connectivity index (χ1n) is 9.29. The van der Waals surface area contributed by atoms with Gasteiger partial charge in [-0.1, -0.05) is 13.3 Å². The van der Waals surface area contributed by atoms with Gasteiger partial charge in [0.05, 0.1) is 13.2 Å². The van der Waals surface area contributed by atoms with Crippen molar-refractivity contribution in [3.05, 3.63) is 53.6 Å². The average molecular weight is 385 g/mol. The second kappa shape index (κ2) is 10.2. The van der Waals surface area contributed by atoms with Crippen LogP contribution in [0.2, 0.25) is 0 Å². The van der Waals surface area contributed by atoms with Gasteiger partial charge in [-0.15, -0.1) is 0 Å². The lowest BCUT2D eigenvalue weighted by Crippen LogP contribution is -2.21. The van der Waals surface area contributed by atoms with Crippen molar-refractivity contribution in [3.63, 3.8) is 0 Å². The number of carboxylic acids is 1. The summed E-state index contributed by atoms with van der Waals surface area (Å²) in [6.07, 6.45) is 1.92. The standard InChI is InChI=1S/C21H27N3O4/c1-3-5-10-28-18-12-15(11-17(13-18)27-4-2)19(21(25)26)24-16-8-6-14(7-9-16)20(22)23/h6-9,11-13,19,24H,3-5,10H2,1-2H3,(H3,22,23)(H,25,26). The molecule has 0 saturated heterocycles. The number of nitrogens with one attached hydrogen (secondary N) is 2. The van der Waals surface area contributed by atoms with Gasteiger partial charge in [0, 0.05) is 17.3 Å². The zero-order valence-electron chi connectivity index (χ0n) is 16.2. The second-order valence-electron chi connectivity index (χ2n) is 6.28. The molecule has 0 bridgehead atoms. The van der Waals surface area contributed by atoms with Crippen molar-refractivity contribution in [2.24, 2.45) is 5.73 Å². The van der Waals surface area contributed by atoms with E-state index in [-0.39, 0.29) is 5.84 Å².